The van der Waals surface area contributed by atoms with E-state index in [1.165, 1.54) is 12.1 Å². The number of dihydropyridines is 1. The first-order valence-corrected chi connectivity index (χ1v) is 8.04. The predicted octanol–water partition coefficient (Wildman–Crippen LogP) is 4.26. The number of ketones is 1. The number of carbonyl (C=O) groups is 1. The summed E-state index contributed by atoms with van der Waals surface area (Å²) in [5.41, 5.74) is 2.41. The molecule has 1 aromatic carbocycles. The van der Waals surface area contributed by atoms with Gasteiger partial charge in [0.25, 0.3) is 0 Å². The van der Waals surface area contributed by atoms with Crippen molar-refractivity contribution in [1.29, 1.82) is 0 Å². The minimum atomic E-state index is -1.18. The Labute approximate surface area is 134 Å². The first kappa shape index (κ1) is 14.7. The lowest BCUT2D eigenvalue weighted by Gasteiger charge is -2.41. The van der Waals surface area contributed by atoms with Gasteiger partial charge in [0.05, 0.1) is 5.54 Å². The van der Waals surface area contributed by atoms with E-state index in [0.717, 1.165) is 11.3 Å². The largest absolute Gasteiger partial charge is 0.294 e. The third kappa shape index (κ3) is 2.03. The highest BCUT2D eigenvalue weighted by atomic mass is 19.1. The van der Waals surface area contributed by atoms with Crippen LogP contribution in [-0.4, -0.2) is 23.2 Å². The summed E-state index contributed by atoms with van der Waals surface area (Å²) < 4.78 is 28.9. The van der Waals surface area contributed by atoms with Gasteiger partial charge in [-0.05, 0) is 44.9 Å². The third-order valence-corrected chi connectivity index (χ3v) is 5.36. The Balaban J connectivity index is 1.83. The van der Waals surface area contributed by atoms with E-state index in [4.69, 9.17) is 0 Å². The van der Waals surface area contributed by atoms with Crippen molar-refractivity contribution in [2.75, 3.05) is 0 Å². The number of benzene rings is 1. The molecular weight excluding hydrogens is 296 g/mol. The zero-order chi connectivity index (χ0) is 16.5. The molecule has 2 aliphatic carbocycles. The number of Topliss-reactive ketones (excluding diaryl/α,β-unsaturated/α-hetero) is 1. The van der Waals surface area contributed by atoms with E-state index in [-0.39, 0.29) is 17.2 Å². The van der Waals surface area contributed by atoms with Crippen molar-refractivity contribution in [3.63, 3.8) is 0 Å². The topological polar surface area (TPSA) is 29.4 Å². The number of allylic oxidation sites excluding steroid dienone is 1. The zero-order valence-corrected chi connectivity index (χ0v) is 13.4. The highest BCUT2D eigenvalue weighted by Gasteiger charge is 2.53. The molecule has 1 fully saturated rings. The average Bonchev–Trinajstić information content (AvgIpc) is 2.70. The first-order valence-electron chi connectivity index (χ1n) is 8.04. The summed E-state index contributed by atoms with van der Waals surface area (Å²) in [6, 6.07) is 4.14. The highest BCUT2D eigenvalue weighted by Crippen LogP contribution is 2.51. The van der Waals surface area contributed by atoms with Gasteiger partial charge in [-0.25, -0.2) is 8.78 Å². The van der Waals surface area contributed by atoms with E-state index in [0.29, 0.717) is 17.5 Å². The fraction of sp³-hybridized carbons (Fsp3) is 0.474. The van der Waals surface area contributed by atoms with Gasteiger partial charge in [-0.2, -0.15) is 0 Å². The fourth-order valence-corrected chi connectivity index (χ4v) is 4.65. The van der Waals surface area contributed by atoms with E-state index in [2.05, 4.69) is 4.99 Å². The molecule has 1 aromatic rings. The summed E-state index contributed by atoms with van der Waals surface area (Å²) in [7, 11) is 0. The van der Waals surface area contributed by atoms with E-state index in [1.807, 2.05) is 26.8 Å². The Morgan fingerprint density at radius 3 is 2.78 bits per heavy atom. The maximum Gasteiger partial charge on any atom is 0.167 e. The van der Waals surface area contributed by atoms with Gasteiger partial charge in [0, 0.05) is 29.0 Å². The van der Waals surface area contributed by atoms with Gasteiger partial charge in [-0.3, -0.25) is 9.79 Å². The third-order valence-electron chi connectivity index (χ3n) is 5.36. The van der Waals surface area contributed by atoms with Crippen LogP contribution >= 0.6 is 0 Å². The molecule has 0 N–H and O–H groups in total. The molecule has 0 spiro atoms. The second-order valence-electron chi connectivity index (χ2n) is 7.50. The minimum Gasteiger partial charge on any atom is -0.294 e. The standard InChI is InChI=1S/C19H19F2NO/c1-9-8-19(2,3)22-14-7-13-16(17(21)15(9)14)11-5-4-10(20)6-12(11)18(13)23/h4-6,8,13,15-17H,7H2,1-3H3. The van der Waals surface area contributed by atoms with Gasteiger partial charge in [0.2, 0.25) is 0 Å². The summed E-state index contributed by atoms with van der Waals surface area (Å²) in [5.74, 6) is -1.87. The molecule has 2 nitrogen and oxygen atoms in total. The Kier molecular flexibility index (Phi) is 2.94. The quantitative estimate of drug-likeness (QED) is 0.658. The number of halogens is 2. The lowest BCUT2D eigenvalue weighted by atomic mass is 9.67. The molecule has 4 heteroatoms. The monoisotopic (exact) mass is 315 g/mol. The Bertz CT molecular complexity index is 778. The van der Waals surface area contributed by atoms with Crippen LogP contribution in [0.5, 0.6) is 0 Å². The number of nitrogens with zero attached hydrogens (tertiary/aromatic N) is 1. The molecule has 4 atom stereocenters. The average molecular weight is 315 g/mol. The van der Waals surface area contributed by atoms with Crippen LogP contribution in [0.4, 0.5) is 8.78 Å². The first-order chi connectivity index (χ1) is 10.8. The maximum atomic E-state index is 15.4. The molecule has 3 aliphatic rings. The van der Waals surface area contributed by atoms with Gasteiger partial charge in [-0.1, -0.05) is 17.7 Å². The normalized spacial score (nSPS) is 34.2. The van der Waals surface area contributed by atoms with Crippen molar-refractivity contribution in [1.82, 2.24) is 0 Å². The van der Waals surface area contributed by atoms with Gasteiger partial charge >= 0.3 is 0 Å². The molecule has 4 unspecified atom stereocenters. The molecular formula is C19H19F2NO. The molecule has 1 saturated carbocycles. The summed E-state index contributed by atoms with van der Waals surface area (Å²) in [5, 5.41) is 0. The van der Waals surface area contributed by atoms with Crippen LogP contribution in [-0.2, 0) is 0 Å². The Morgan fingerprint density at radius 1 is 1.30 bits per heavy atom. The van der Waals surface area contributed by atoms with Crippen LogP contribution in [0.25, 0.3) is 0 Å². The van der Waals surface area contributed by atoms with Gasteiger partial charge < -0.3 is 0 Å². The van der Waals surface area contributed by atoms with Crippen LogP contribution in [0.3, 0.4) is 0 Å². The lowest BCUT2D eigenvalue weighted by Crippen LogP contribution is -2.44. The molecule has 1 heterocycles. The number of alkyl halides is 1. The van der Waals surface area contributed by atoms with E-state index >= 15 is 4.39 Å². The number of aliphatic imine (C=N–C) groups is 1. The molecule has 0 amide bonds. The summed E-state index contributed by atoms with van der Waals surface area (Å²) in [6.45, 7) is 5.91. The van der Waals surface area contributed by atoms with Crippen LogP contribution < -0.4 is 0 Å². The van der Waals surface area contributed by atoms with Crippen LogP contribution in [0.1, 0.15) is 49.0 Å². The molecule has 23 heavy (non-hydrogen) atoms. The predicted molar refractivity (Wildman–Crippen MR) is 85.2 cm³/mol. The van der Waals surface area contributed by atoms with Crippen molar-refractivity contribution < 1.29 is 13.6 Å². The van der Waals surface area contributed by atoms with Crippen molar-refractivity contribution in [2.24, 2.45) is 16.8 Å². The van der Waals surface area contributed by atoms with Crippen LogP contribution in [0, 0.1) is 17.7 Å². The van der Waals surface area contributed by atoms with Gasteiger partial charge in [0.1, 0.15) is 12.0 Å². The molecule has 0 saturated heterocycles. The second-order valence-corrected chi connectivity index (χ2v) is 7.50. The number of fused-ring (bicyclic) bond motifs is 4. The van der Waals surface area contributed by atoms with E-state index < -0.39 is 23.8 Å². The Hall–Kier alpha value is -1.84. The van der Waals surface area contributed by atoms with Crippen molar-refractivity contribution in [3.05, 3.63) is 46.8 Å². The van der Waals surface area contributed by atoms with E-state index in [1.54, 1.807) is 6.07 Å². The SMILES string of the molecule is CC1=CC(C)(C)N=C2CC3C(=O)c4cc(F)ccc4C3C(F)C12. The number of hydrogen-bond donors (Lipinski definition) is 0. The summed E-state index contributed by atoms with van der Waals surface area (Å²) in [4.78, 5) is 17.3. The van der Waals surface area contributed by atoms with Crippen molar-refractivity contribution in [3.8, 4) is 0 Å². The zero-order valence-electron chi connectivity index (χ0n) is 13.4. The fourth-order valence-electron chi connectivity index (χ4n) is 4.65. The van der Waals surface area contributed by atoms with Crippen molar-refractivity contribution in [2.45, 2.75) is 44.8 Å². The van der Waals surface area contributed by atoms with E-state index in [9.17, 15) is 9.18 Å². The molecule has 0 bridgehead atoms. The number of hydrogen-bond acceptors (Lipinski definition) is 2. The summed E-state index contributed by atoms with van der Waals surface area (Å²) >= 11 is 0. The van der Waals surface area contributed by atoms with Crippen LogP contribution in [0.15, 0.2) is 34.8 Å². The molecule has 120 valence electrons. The van der Waals surface area contributed by atoms with Crippen molar-refractivity contribution >= 4 is 11.5 Å². The molecule has 1 aliphatic heterocycles. The van der Waals surface area contributed by atoms with Crippen LogP contribution in [0.2, 0.25) is 0 Å². The Morgan fingerprint density at radius 2 is 2.04 bits per heavy atom. The second kappa shape index (κ2) is 4.59. The molecule has 4 rings (SSSR count). The lowest BCUT2D eigenvalue weighted by molar-refractivity contribution is 0.0869. The number of rotatable bonds is 0. The minimum absolute atomic E-state index is 0.140. The maximum absolute atomic E-state index is 15.4. The van der Waals surface area contributed by atoms with Gasteiger partial charge in [-0.15, -0.1) is 0 Å². The smallest absolute Gasteiger partial charge is 0.167 e. The summed E-state index contributed by atoms with van der Waals surface area (Å²) in [6.07, 6.45) is 1.30. The molecule has 0 radical (unpaired) electrons. The van der Waals surface area contributed by atoms with Gasteiger partial charge in [0.15, 0.2) is 5.78 Å². The molecule has 0 aromatic heterocycles. The number of carbonyl (C=O) groups excluding carboxylic acids is 1. The highest BCUT2D eigenvalue weighted by molar-refractivity contribution is 6.07.